The predicted octanol–water partition coefficient (Wildman–Crippen LogP) is 2.71. The maximum absolute atomic E-state index is 11.1. The summed E-state index contributed by atoms with van der Waals surface area (Å²) in [5, 5.41) is 12.5. The molecule has 0 aromatic heterocycles. The summed E-state index contributed by atoms with van der Waals surface area (Å²) in [5.41, 5.74) is 1.65. The Morgan fingerprint density at radius 1 is 1.29 bits per heavy atom. The molecule has 2 N–H and O–H groups in total. The van der Waals surface area contributed by atoms with Crippen molar-refractivity contribution < 1.29 is 9.90 Å². The van der Waals surface area contributed by atoms with E-state index < -0.39 is 0 Å². The van der Waals surface area contributed by atoms with Crippen molar-refractivity contribution in [2.45, 2.75) is 33.2 Å². The minimum absolute atomic E-state index is 0.0671. The van der Waals surface area contributed by atoms with Crippen LogP contribution in [-0.2, 0) is 0 Å². The summed E-state index contributed by atoms with van der Waals surface area (Å²) >= 11 is 0. The van der Waals surface area contributed by atoms with Gasteiger partial charge in [-0.05, 0) is 43.5 Å². The number of aliphatic hydroxyl groups is 1. The highest BCUT2D eigenvalue weighted by Crippen LogP contribution is 2.14. The second-order valence-electron chi connectivity index (χ2n) is 4.79. The zero-order chi connectivity index (χ0) is 12.8. The van der Waals surface area contributed by atoms with Gasteiger partial charge in [0.25, 0.3) is 0 Å². The van der Waals surface area contributed by atoms with Crippen LogP contribution < -0.4 is 5.32 Å². The van der Waals surface area contributed by atoms with Gasteiger partial charge in [-0.15, -0.1) is 0 Å². The molecule has 0 aliphatic rings. The number of rotatable bonds is 6. The highest BCUT2D eigenvalue weighted by atomic mass is 16.3. The Morgan fingerprint density at radius 3 is 2.29 bits per heavy atom. The van der Waals surface area contributed by atoms with Crippen molar-refractivity contribution in [3.8, 4) is 0 Å². The van der Waals surface area contributed by atoms with Gasteiger partial charge in [-0.2, -0.15) is 0 Å². The number of Topliss-reactive ketones (excluding diaryl/α,β-unsaturated/α-hetero) is 1. The van der Waals surface area contributed by atoms with Crippen molar-refractivity contribution in [2.75, 3.05) is 11.9 Å². The molecule has 1 rings (SSSR count). The Bertz CT molecular complexity index is 357. The van der Waals surface area contributed by atoms with Gasteiger partial charge in [0.15, 0.2) is 5.78 Å². The van der Waals surface area contributed by atoms with Crippen LogP contribution >= 0.6 is 0 Å². The van der Waals surface area contributed by atoms with Crippen LogP contribution in [0.2, 0.25) is 0 Å². The molecule has 0 spiro atoms. The lowest BCUT2D eigenvalue weighted by molar-refractivity contribution is 0.101. The van der Waals surface area contributed by atoms with Crippen LogP contribution in [0.4, 0.5) is 5.69 Å². The lowest BCUT2D eigenvalue weighted by Gasteiger charge is -2.19. The molecule has 0 fully saturated rings. The van der Waals surface area contributed by atoms with Crippen molar-refractivity contribution in [3.63, 3.8) is 0 Å². The molecule has 0 amide bonds. The van der Waals surface area contributed by atoms with E-state index >= 15 is 0 Å². The van der Waals surface area contributed by atoms with Crippen molar-refractivity contribution in [3.05, 3.63) is 29.8 Å². The maximum Gasteiger partial charge on any atom is 0.159 e. The third-order valence-corrected chi connectivity index (χ3v) is 2.64. The summed E-state index contributed by atoms with van der Waals surface area (Å²) in [6.07, 6.45) is 0.922. The molecule has 1 aromatic carbocycles. The van der Waals surface area contributed by atoms with Crippen molar-refractivity contribution in [1.29, 1.82) is 0 Å². The third-order valence-electron chi connectivity index (χ3n) is 2.64. The number of ketones is 1. The van der Waals surface area contributed by atoms with Crippen molar-refractivity contribution >= 4 is 11.5 Å². The quantitative estimate of drug-likeness (QED) is 0.745. The Hall–Kier alpha value is -1.35. The second kappa shape index (κ2) is 6.40. The molecule has 1 unspecified atom stereocenters. The van der Waals surface area contributed by atoms with Gasteiger partial charge in [0, 0.05) is 17.3 Å². The van der Waals surface area contributed by atoms with Crippen LogP contribution in [0.5, 0.6) is 0 Å². The number of aliphatic hydroxyl groups excluding tert-OH is 1. The first kappa shape index (κ1) is 13.7. The molecule has 0 heterocycles. The minimum Gasteiger partial charge on any atom is -0.394 e. The van der Waals surface area contributed by atoms with Gasteiger partial charge in [0.05, 0.1) is 6.61 Å². The Kier molecular flexibility index (Phi) is 5.16. The summed E-state index contributed by atoms with van der Waals surface area (Å²) in [7, 11) is 0. The molecule has 3 heteroatoms. The normalized spacial score (nSPS) is 12.5. The molecule has 1 atom stereocenters. The van der Waals surface area contributed by atoms with Crippen molar-refractivity contribution in [2.24, 2.45) is 5.92 Å². The highest BCUT2D eigenvalue weighted by molar-refractivity contribution is 5.94. The fourth-order valence-corrected chi connectivity index (χ4v) is 1.79. The monoisotopic (exact) mass is 235 g/mol. The first-order chi connectivity index (χ1) is 8.02. The number of carbonyl (C=O) groups excluding carboxylic acids is 1. The van der Waals surface area contributed by atoms with E-state index in [-0.39, 0.29) is 18.4 Å². The van der Waals surface area contributed by atoms with Crippen LogP contribution in [0, 0.1) is 5.92 Å². The van der Waals surface area contributed by atoms with Gasteiger partial charge < -0.3 is 10.4 Å². The molecule has 17 heavy (non-hydrogen) atoms. The molecule has 94 valence electrons. The van der Waals surface area contributed by atoms with Crippen LogP contribution in [0.3, 0.4) is 0 Å². The molecule has 0 bridgehead atoms. The van der Waals surface area contributed by atoms with Gasteiger partial charge in [-0.1, -0.05) is 13.8 Å². The lowest BCUT2D eigenvalue weighted by Crippen LogP contribution is -2.25. The number of nitrogens with one attached hydrogen (secondary N) is 1. The van der Waals surface area contributed by atoms with Gasteiger partial charge in [0.2, 0.25) is 0 Å². The van der Waals surface area contributed by atoms with Gasteiger partial charge in [-0.25, -0.2) is 0 Å². The number of hydrogen-bond donors (Lipinski definition) is 2. The standard InChI is InChI=1S/C14H21NO2/c1-10(2)8-14(9-16)15-13-6-4-12(5-7-13)11(3)17/h4-7,10,14-16H,8-9H2,1-3H3. The lowest BCUT2D eigenvalue weighted by atomic mass is 10.0. The summed E-state index contributed by atoms with van der Waals surface area (Å²) < 4.78 is 0. The molecule has 0 aliphatic carbocycles. The average molecular weight is 235 g/mol. The van der Waals surface area contributed by atoms with Gasteiger partial charge >= 0.3 is 0 Å². The fourth-order valence-electron chi connectivity index (χ4n) is 1.79. The number of anilines is 1. The number of carbonyl (C=O) groups is 1. The van der Waals surface area contributed by atoms with E-state index in [2.05, 4.69) is 19.2 Å². The molecular weight excluding hydrogens is 214 g/mol. The highest BCUT2D eigenvalue weighted by Gasteiger charge is 2.09. The van der Waals surface area contributed by atoms with Gasteiger partial charge in [0.1, 0.15) is 0 Å². The topological polar surface area (TPSA) is 49.3 Å². The minimum atomic E-state index is 0.0671. The van der Waals surface area contributed by atoms with Crippen LogP contribution in [0.25, 0.3) is 0 Å². The van der Waals surface area contributed by atoms with Crippen LogP contribution in [0.15, 0.2) is 24.3 Å². The smallest absolute Gasteiger partial charge is 0.159 e. The van der Waals surface area contributed by atoms with Crippen LogP contribution in [0.1, 0.15) is 37.6 Å². The zero-order valence-corrected chi connectivity index (χ0v) is 10.7. The van der Waals surface area contributed by atoms with Crippen molar-refractivity contribution in [1.82, 2.24) is 0 Å². The average Bonchev–Trinajstić information content (AvgIpc) is 2.28. The number of benzene rings is 1. The van der Waals surface area contributed by atoms with E-state index in [0.717, 1.165) is 12.1 Å². The predicted molar refractivity (Wildman–Crippen MR) is 70.4 cm³/mol. The summed E-state index contributed by atoms with van der Waals surface area (Å²) in [4.78, 5) is 11.1. The Labute approximate surface area is 103 Å². The molecule has 0 radical (unpaired) electrons. The zero-order valence-electron chi connectivity index (χ0n) is 10.7. The number of hydrogen-bond acceptors (Lipinski definition) is 3. The first-order valence-corrected chi connectivity index (χ1v) is 6.01. The first-order valence-electron chi connectivity index (χ1n) is 6.01. The van der Waals surface area contributed by atoms with E-state index in [1.165, 1.54) is 0 Å². The van der Waals surface area contributed by atoms with E-state index in [4.69, 9.17) is 0 Å². The summed E-state index contributed by atoms with van der Waals surface area (Å²) in [6, 6.07) is 7.42. The fraction of sp³-hybridized carbons (Fsp3) is 0.500. The summed E-state index contributed by atoms with van der Waals surface area (Å²) in [5.74, 6) is 0.605. The van der Waals surface area contributed by atoms with E-state index in [1.54, 1.807) is 19.1 Å². The van der Waals surface area contributed by atoms with Crippen LogP contribution in [-0.4, -0.2) is 23.5 Å². The SMILES string of the molecule is CC(=O)c1ccc(NC(CO)CC(C)C)cc1. The van der Waals surface area contributed by atoms with Gasteiger partial charge in [-0.3, -0.25) is 4.79 Å². The molecule has 0 saturated carbocycles. The third kappa shape index (κ3) is 4.57. The molecule has 0 saturated heterocycles. The largest absolute Gasteiger partial charge is 0.394 e. The van der Waals surface area contributed by atoms with E-state index in [0.29, 0.717) is 11.5 Å². The summed E-state index contributed by atoms with van der Waals surface area (Å²) in [6.45, 7) is 5.93. The Morgan fingerprint density at radius 2 is 1.88 bits per heavy atom. The molecule has 1 aromatic rings. The maximum atomic E-state index is 11.1. The Balaban J connectivity index is 2.64. The molecular formula is C14H21NO2. The van der Waals surface area contributed by atoms with E-state index in [1.807, 2.05) is 12.1 Å². The van der Waals surface area contributed by atoms with E-state index in [9.17, 15) is 9.90 Å². The second-order valence-corrected chi connectivity index (χ2v) is 4.79. The molecule has 3 nitrogen and oxygen atoms in total. The molecule has 0 aliphatic heterocycles.